The first-order chi connectivity index (χ1) is 19.2. The molecule has 0 aromatic heterocycles. The highest BCUT2D eigenvalue weighted by Crippen LogP contribution is 2.44. The van der Waals surface area contributed by atoms with Crippen molar-refractivity contribution in [3.05, 3.63) is 89.5 Å². The van der Waals surface area contributed by atoms with Gasteiger partial charge in [0, 0.05) is 23.7 Å². The zero-order chi connectivity index (χ0) is 27.3. The van der Waals surface area contributed by atoms with E-state index in [0.717, 1.165) is 23.9 Å². The predicted molar refractivity (Wildman–Crippen MR) is 166 cm³/mol. The lowest BCUT2D eigenvalue weighted by molar-refractivity contribution is 0.0857. The molecule has 1 amide bonds. The minimum absolute atomic E-state index is 0.0253. The molecule has 5 heteroatoms. The fourth-order valence-electron chi connectivity index (χ4n) is 5.46. The van der Waals surface area contributed by atoms with E-state index in [1.807, 2.05) is 48.5 Å². The molecule has 1 aliphatic rings. The van der Waals surface area contributed by atoms with E-state index >= 15 is 0 Å². The van der Waals surface area contributed by atoms with Crippen LogP contribution in [0.5, 0.6) is 5.75 Å². The minimum atomic E-state index is -0.742. The number of hydrogen-bond donors (Lipinski definition) is 2. The second-order valence-electron chi connectivity index (χ2n) is 10.6. The number of thioether (sulfide) groups is 1. The maximum Gasteiger partial charge on any atom is 0.257 e. The molecule has 4 nitrogen and oxygen atoms in total. The Hall–Kier alpha value is -2.92. The van der Waals surface area contributed by atoms with Crippen molar-refractivity contribution in [2.75, 3.05) is 6.54 Å². The van der Waals surface area contributed by atoms with E-state index in [-0.39, 0.29) is 11.7 Å². The van der Waals surface area contributed by atoms with Crippen LogP contribution in [0.25, 0.3) is 10.8 Å². The van der Waals surface area contributed by atoms with E-state index in [2.05, 4.69) is 40.9 Å². The fourth-order valence-corrected chi connectivity index (χ4v) is 6.58. The number of nitrogens with zero attached hydrogens (tertiary/aromatic N) is 1. The number of unbranched alkanes of at least 4 members (excludes halogenated alkanes) is 11. The van der Waals surface area contributed by atoms with Crippen LogP contribution in [0, 0.1) is 0 Å². The number of nitrogens with one attached hydrogen (secondary N) is 1. The van der Waals surface area contributed by atoms with E-state index in [4.69, 9.17) is 0 Å². The maximum absolute atomic E-state index is 13.6. The summed E-state index contributed by atoms with van der Waals surface area (Å²) in [5, 5.41) is 17.9. The lowest BCUT2D eigenvalue weighted by Gasteiger charge is -2.39. The molecule has 0 saturated carbocycles. The van der Waals surface area contributed by atoms with Gasteiger partial charge in [-0.25, -0.2) is 0 Å². The van der Waals surface area contributed by atoms with Gasteiger partial charge in [-0.15, -0.1) is 0 Å². The van der Waals surface area contributed by atoms with E-state index in [9.17, 15) is 9.90 Å². The van der Waals surface area contributed by atoms with Crippen LogP contribution in [-0.4, -0.2) is 22.5 Å². The largest absolute Gasteiger partial charge is 0.506 e. The number of amides is 1. The summed E-state index contributed by atoms with van der Waals surface area (Å²) in [7, 11) is 0. The van der Waals surface area contributed by atoms with Crippen LogP contribution < -0.4 is 5.32 Å². The topological polar surface area (TPSA) is 52.6 Å². The summed E-state index contributed by atoms with van der Waals surface area (Å²) in [5.41, 5.74) is 1.31. The van der Waals surface area contributed by atoms with Gasteiger partial charge in [0.2, 0.25) is 0 Å². The van der Waals surface area contributed by atoms with Gasteiger partial charge in [0.05, 0.1) is 5.56 Å². The number of fused-ring (bicyclic) bond motifs is 1. The van der Waals surface area contributed by atoms with Gasteiger partial charge in [0.25, 0.3) is 5.91 Å². The summed E-state index contributed by atoms with van der Waals surface area (Å²) in [6.45, 7) is 3.13. The number of hydrogen-bond acceptors (Lipinski definition) is 4. The zero-order valence-electron chi connectivity index (χ0n) is 23.4. The van der Waals surface area contributed by atoms with Gasteiger partial charge >= 0.3 is 0 Å². The van der Waals surface area contributed by atoms with Gasteiger partial charge in [-0.3, -0.25) is 4.79 Å². The third-order valence-electron chi connectivity index (χ3n) is 7.73. The summed E-state index contributed by atoms with van der Waals surface area (Å²) in [6.07, 6.45) is 17.9. The van der Waals surface area contributed by atoms with E-state index < -0.39 is 4.99 Å². The molecule has 1 atom stereocenters. The first kappa shape index (κ1) is 29.1. The Morgan fingerprint density at radius 3 is 2.10 bits per heavy atom. The molecule has 0 bridgehead atoms. The highest BCUT2D eigenvalue weighted by molar-refractivity contribution is 8.03. The lowest BCUT2D eigenvalue weighted by Crippen LogP contribution is -2.52. The molecule has 4 rings (SSSR count). The number of carbonyl (C=O) groups is 1. The molecule has 0 radical (unpaired) electrons. The highest BCUT2D eigenvalue weighted by atomic mass is 32.2. The first-order valence-electron chi connectivity index (χ1n) is 14.9. The molecule has 0 fully saturated rings. The fraction of sp³-hybridized carbons (Fsp3) is 0.441. The van der Waals surface area contributed by atoms with E-state index in [1.54, 1.807) is 17.8 Å². The van der Waals surface area contributed by atoms with Gasteiger partial charge in [-0.05, 0) is 23.3 Å². The van der Waals surface area contributed by atoms with Crippen molar-refractivity contribution < 1.29 is 9.90 Å². The summed E-state index contributed by atoms with van der Waals surface area (Å²) in [6, 6.07) is 21.4. The normalized spacial score (nSPS) is 16.7. The Morgan fingerprint density at radius 1 is 0.795 bits per heavy atom. The maximum atomic E-state index is 13.6. The number of phenolic OH excluding ortho intramolecular Hbond substituents is 1. The number of rotatable bonds is 16. The van der Waals surface area contributed by atoms with Crippen LogP contribution in [0.2, 0.25) is 0 Å². The average Bonchev–Trinajstić information content (AvgIpc) is 3.37. The summed E-state index contributed by atoms with van der Waals surface area (Å²) >= 11 is 1.60. The van der Waals surface area contributed by atoms with Crippen LogP contribution in [0.15, 0.2) is 78.3 Å². The van der Waals surface area contributed by atoms with Crippen LogP contribution in [0.3, 0.4) is 0 Å². The average molecular weight is 545 g/mol. The summed E-state index contributed by atoms with van der Waals surface area (Å²) in [5.74, 6) is -0.254. The third kappa shape index (κ3) is 7.60. The van der Waals surface area contributed by atoms with Gasteiger partial charge in [-0.1, -0.05) is 150 Å². The molecular weight excluding hydrogens is 500 g/mol. The SMILES string of the molecule is CCCCCCCCCCCCCCN1C=CSC1(NC(=O)c1ccc2ccccc2c1O)c1ccccc1. The summed E-state index contributed by atoms with van der Waals surface area (Å²) < 4.78 is 0. The lowest BCUT2D eigenvalue weighted by atomic mass is 10.0. The molecule has 1 unspecified atom stereocenters. The molecule has 1 heterocycles. The predicted octanol–water partition coefficient (Wildman–Crippen LogP) is 9.31. The molecule has 2 N–H and O–H groups in total. The number of benzene rings is 3. The van der Waals surface area contributed by atoms with Crippen molar-refractivity contribution in [1.82, 2.24) is 10.2 Å². The molecule has 0 saturated heterocycles. The van der Waals surface area contributed by atoms with Gasteiger partial charge in [0.1, 0.15) is 5.75 Å². The molecule has 0 spiro atoms. The first-order valence-corrected chi connectivity index (χ1v) is 15.7. The number of phenols is 1. The van der Waals surface area contributed by atoms with Crippen LogP contribution in [-0.2, 0) is 4.99 Å². The van der Waals surface area contributed by atoms with Crippen molar-refractivity contribution in [2.45, 2.75) is 89.0 Å². The Kier molecular flexibility index (Phi) is 11.2. The van der Waals surface area contributed by atoms with Crippen molar-refractivity contribution >= 4 is 28.4 Å². The molecule has 208 valence electrons. The molecule has 39 heavy (non-hydrogen) atoms. The van der Waals surface area contributed by atoms with E-state index in [1.165, 1.54) is 70.6 Å². The Morgan fingerprint density at radius 2 is 1.41 bits per heavy atom. The molecule has 1 aliphatic heterocycles. The molecule has 3 aromatic rings. The van der Waals surface area contributed by atoms with Crippen molar-refractivity contribution in [1.29, 1.82) is 0 Å². The second-order valence-corrected chi connectivity index (χ2v) is 11.7. The number of carbonyl (C=O) groups excluding carboxylic acids is 1. The Labute approximate surface area is 238 Å². The van der Waals surface area contributed by atoms with Gasteiger partial charge < -0.3 is 15.3 Å². The molecule has 3 aromatic carbocycles. The summed E-state index contributed by atoms with van der Waals surface area (Å²) in [4.78, 5) is 15.1. The van der Waals surface area contributed by atoms with E-state index in [0.29, 0.717) is 10.9 Å². The van der Waals surface area contributed by atoms with Crippen molar-refractivity contribution in [3.8, 4) is 5.75 Å². The molecule has 0 aliphatic carbocycles. The Balaban J connectivity index is 1.34. The van der Waals surface area contributed by atoms with Crippen LogP contribution >= 0.6 is 11.8 Å². The quantitative estimate of drug-likeness (QED) is 0.176. The zero-order valence-corrected chi connectivity index (χ0v) is 24.2. The monoisotopic (exact) mass is 544 g/mol. The van der Waals surface area contributed by atoms with Crippen molar-refractivity contribution in [3.63, 3.8) is 0 Å². The molecular formula is C34H44N2O2S. The third-order valence-corrected chi connectivity index (χ3v) is 8.90. The van der Waals surface area contributed by atoms with Crippen LogP contribution in [0.1, 0.15) is 99.9 Å². The Bertz CT molecular complexity index is 1210. The highest BCUT2D eigenvalue weighted by Gasteiger charge is 2.42. The van der Waals surface area contributed by atoms with Gasteiger partial charge in [-0.2, -0.15) is 0 Å². The minimum Gasteiger partial charge on any atom is -0.506 e. The van der Waals surface area contributed by atoms with Gasteiger partial charge in [0.15, 0.2) is 4.99 Å². The standard InChI is InChI=1S/C34H44N2O2S/c1-2-3-4-5-6-7-8-9-10-11-12-18-25-36-26-27-39-34(36,29-20-14-13-15-21-29)35-33(38)31-24-23-28-19-16-17-22-30(28)32(31)37/h13-17,19-24,26-27,37H,2-12,18,25H2,1H3,(H,35,38). The smallest absolute Gasteiger partial charge is 0.257 e. The van der Waals surface area contributed by atoms with Crippen molar-refractivity contribution in [2.24, 2.45) is 0 Å². The second kappa shape index (κ2) is 15.0. The number of aromatic hydroxyl groups is 1. The van der Waals surface area contributed by atoms with Crippen LogP contribution in [0.4, 0.5) is 0 Å².